The third-order valence-electron chi connectivity index (χ3n) is 6.52. The molecule has 0 aliphatic carbocycles. The number of rotatable bonds is 3. The Bertz CT molecular complexity index is 1160. The molecular weight excluding hydrogens is 396 g/mol. The molecule has 0 radical (unpaired) electrons. The van der Waals surface area contributed by atoms with Crippen LogP contribution in [0.25, 0.3) is 20.4 Å². The molecule has 2 atom stereocenters. The van der Waals surface area contributed by atoms with Crippen molar-refractivity contribution in [3.8, 4) is 0 Å². The number of nitrogens with zero attached hydrogens (tertiary/aromatic N) is 3. The minimum atomic E-state index is 0.669. The largest absolute Gasteiger partial charge is 0.355 e. The number of piperidine rings is 2. The van der Waals surface area contributed by atoms with Crippen molar-refractivity contribution >= 4 is 54.5 Å². The molecule has 0 bridgehead atoms. The zero-order valence-corrected chi connectivity index (χ0v) is 17.9. The highest BCUT2D eigenvalue weighted by atomic mass is 32.1. The molecule has 1 unspecified atom stereocenters. The lowest BCUT2D eigenvalue weighted by Crippen LogP contribution is -2.46. The highest BCUT2D eigenvalue weighted by molar-refractivity contribution is 7.18. The van der Waals surface area contributed by atoms with Gasteiger partial charge < -0.3 is 5.32 Å². The Balaban J connectivity index is 1.34. The first-order chi connectivity index (χ1) is 14.3. The van der Waals surface area contributed by atoms with E-state index in [0.717, 1.165) is 27.8 Å². The van der Waals surface area contributed by atoms with E-state index in [1.165, 1.54) is 60.2 Å². The number of anilines is 2. The van der Waals surface area contributed by atoms with Gasteiger partial charge in [0.15, 0.2) is 0 Å². The second kappa shape index (κ2) is 7.35. The topological polar surface area (TPSA) is 41.1 Å². The first kappa shape index (κ1) is 17.8. The molecule has 0 saturated carbocycles. The van der Waals surface area contributed by atoms with Crippen LogP contribution in [0.2, 0.25) is 0 Å². The molecule has 148 valence electrons. The Kier molecular flexibility index (Phi) is 4.51. The van der Waals surface area contributed by atoms with Gasteiger partial charge in [-0.2, -0.15) is 0 Å². The lowest BCUT2D eigenvalue weighted by molar-refractivity contribution is 0.0905. The van der Waals surface area contributed by atoms with E-state index in [1.807, 2.05) is 23.0 Å². The molecule has 2 aliphatic heterocycles. The minimum absolute atomic E-state index is 0.669. The van der Waals surface area contributed by atoms with Gasteiger partial charge in [0.25, 0.3) is 0 Å². The highest BCUT2D eigenvalue weighted by Gasteiger charge is 2.34. The normalized spacial score (nSPS) is 22.8. The highest BCUT2D eigenvalue weighted by Crippen LogP contribution is 2.43. The van der Waals surface area contributed by atoms with Gasteiger partial charge in [-0.1, -0.05) is 6.42 Å². The number of pyridine rings is 1. The van der Waals surface area contributed by atoms with Gasteiger partial charge in [0, 0.05) is 34.1 Å². The Hall–Kier alpha value is -2.02. The average molecular weight is 421 g/mol. The number of nitrogens with one attached hydrogen (secondary N) is 1. The molecule has 2 aliphatic rings. The summed E-state index contributed by atoms with van der Waals surface area (Å²) in [5.74, 6) is 0.669. The van der Waals surface area contributed by atoms with E-state index in [9.17, 15) is 0 Å². The fourth-order valence-corrected chi connectivity index (χ4v) is 7.01. The minimum Gasteiger partial charge on any atom is -0.355 e. The van der Waals surface area contributed by atoms with Crippen molar-refractivity contribution in [3.63, 3.8) is 0 Å². The Labute approximate surface area is 178 Å². The Morgan fingerprint density at radius 2 is 1.97 bits per heavy atom. The van der Waals surface area contributed by atoms with Gasteiger partial charge in [-0.25, -0.2) is 9.97 Å². The van der Waals surface area contributed by atoms with Crippen molar-refractivity contribution in [3.05, 3.63) is 46.9 Å². The molecule has 0 spiro atoms. The molecule has 2 saturated heterocycles. The van der Waals surface area contributed by atoms with Gasteiger partial charge in [-0.15, -0.1) is 22.7 Å². The number of benzene rings is 1. The summed E-state index contributed by atoms with van der Waals surface area (Å²) in [4.78, 5) is 14.6. The first-order valence-corrected chi connectivity index (χ1v) is 12.3. The molecule has 3 aromatic heterocycles. The summed E-state index contributed by atoms with van der Waals surface area (Å²) in [7, 11) is 0. The fourth-order valence-electron chi connectivity index (χ4n) is 5.13. The van der Waals surface area contributed by atoms with Crippen LogP contribution in [0, 0.1) is 0 Å². The Morgan fingerprint density at radius 3 is 2.97 bits per heavy atom. The summed E-state index contributed by atoms with van der Waals surface area (Å²) in [5, 5.41) is 4.87. The predicted octanol–water partition coefficient (Wildman–Crippen LogP) is 6.38. The van der Waals surface area contributed by atoms with Gasteiger partial charge in [0.05, 0.1) is 21.4 Å². The Morgan fingerprint density at radius 1 is 1.00 bits per heavy atom. The van der Waals surface area contributed by atoms with E-state index in [4.69, 9.17) is 4.98 Å². The zero-order chi connectivity index (χ0) is 19.2. The number of thiophene rings is 1. The van der Waals surface area contributed by atoms with Gasteiger partial charge >= 0.3 is 0 Å². The van der Waals surface area contributed by atoms with E-state index in [-0.39, 0.29) is 0 Å². The number of hydrogen-bond acceptors (Lipinski definition) is 6. The van der Waals surface area contributed by atoms with Crippen LogP contribution in [0.3, 0.4) is 0 Å². The molecule has 4 nitrogen and oxygen atoms in total. The summed E-state index contributed by atoms with van der Waals surface area (Å²) in [6.07, 6.45) is 8.67. The second-order valence-corrected chi connectivity index (χ2v) is 10.2. The average Bonchev–Trinajstić information content (AvgIpc) is 3.40. The monoisotopic (exact) mass is 420 g/mol. The van der Waals surface area contributed by atoms with Crippen molar-refractivity contribution in [2.24, 2.45) is 0 Å². The quantitative estimate of drug-likeness (QED) is 0.417. The second-order valence-electron chi connectivity index (χ2n) is 8.23. The van der Waals surface area contributed by atoms with Gasteiger partial charge in [0.1, 0.15) is 4.83 Å². The summed E-state index contributed by atoms with van der Waals surface area (Å²) < 4.78 is 1.22. The third-order valence-corrected chi connectivity index (χ3v) is 8.50. The van der Waals surface area contributed by atoms with Crippen LogP contribution in [0.5, 0.6) is 0 Å². The van der Waals surface area contributed by atoms with E-state index in [1.54, 1.807) is 11.3 Å². The van der Waals surface area contributed by atoms with Crippen molar-refractivity contribution in [2.45, 2.75) is 44.1 Å². The molecule has 4 aromatic rings. The maximum atomic E-state index is 4.70. The van der Waals surface area contributed by atoms with Crippen LogP contribution in [-0.4, -0.2) is 34.0 Å². The van der Waals surface area contributed by atoms with Crippen LogP contribution >= 0.6 is 22.7 Å². The van der Waals surface area contributed by atoms with Gasteiger partial charge in [0.2, 0.25) is 0 Å². The number of aromatic nitrogens is 2. The molecule has 6 rings (SSSR count). The van der Waals surface area contributed by atoms with E-state index in [0.29, 0.717) is 5.92 Å². The van der Waals surface area contributed by atoms with Crippen molar-refractivity contribution in [1.82, 2.24) is 14.9 Å². The molecule has 0 amide bonds. The number of fused-ring (bicyclic) bond motifs is 3. The van der Waals surface area contributed by atoms with Crippen LogP contribution < -0.4 is 5.32 Å². The standard InChI is InChI=1S/C23H24N4S2/c1-2-10-27-11-3-4-16(20(27)5-1)22-13-17-18(8-9-24-23(17)29-22)26-15-6-7-21-19(12-15)25-14-28-21/h6-9,12-14,16,20H,1-5,10-11H2,(H,24,26)/t16-,20?/m0/s1. The molecular formula is C23H24N4S2. The van der Waals surface area contributed by atoms with Crippen LogP contribution in [-0.2, 0) is 0 Å². The third kappa shape index (κ3) is 3.23. The molecule has 6 heteroatoms. The summed E-state index contributed by atoms with van der Waals surface area (Å²) in [6, 6.07) is 11.7. The van der Waals surface area contributed by atoms with Gasteiger partial charge in [-0.05, 0) is 69.1 Å². The SMILES string of the molecule is c1cc(Nc2ccc3scnc3c2)c2cc([C@H]3CCCN4CCCCC34)sc2n1. The van der Waals surface area contributed by atoms with Crippen LogP contribution in [0.15, 0.2) is 42.0 Å². The molecule has 5 heterocycles. The van der Waals surface area contributed by atoms with Gasteiger partial charge in [-0.3, -0.25) is 4.90 Å². The predicted molar refractivity (Wildman–Crippen MR) is 124 cm³/mol. The summed E-state index contributed by atoms with van der Waals surface area (Å²) in [5.41, 5.74) is 5.18. The van der Waals surface area contributed by atoms with E-state index in [2.05, 4.69) is 45.5 Å². The zero-order valence-electron chi connectivity index (χ0n) is 16.3. The summed E-state index contributed by atoms with van der Waals surface area (Å²) in [6.45, 7) is 2.58. The molecule has 1 aromatic carbocycles. The molecule has 1 N–H and O–H groups in total. The molecule has 29 heavy (non-hydrogen) atoms. The smallest absolute Gasteiger partial charge is 0.125 e. The van der Waals surface area contributed by atoms with E-state index < -0.39 is 0 Å². The summed E-state index contributed by atoms with van der Waals surface area (Å²) >= 11 is 3.58. The maximum Gasteiger partial charge on any atom is 0.125 e. The molecule has 2 fully saturated rings. The first-order valence-electron chi connectivity index (χ1n) is 10.6. The lowest BCUT2D eigenvalue weighted by atomic mass is 9.82. The van der Waals surface area contributed by atoms with Crippen LogP contribution in [0.1, 0.15) is 42.9 Å². The van der Waals surface area contributed by atoms with Crippen LogP contribution in [0.4, 0.5) is 11.4 Å². The van der Waals surface area contributed by atoms with Crippen molar-refractivity contribution in [1.29, 1.82) is 0 Å². The fraction of sp³-hybridized carbons (Fsp3) is 0.391. The number of thiazole rings is 1. The maximum absolute atomic E-state index is 4.70. The van der Waals surface area contributed by atoms with E-state index >= 15 is 0 Å². The van der Waals surface area contributed by atoms with Crippen molar-refractivity contribution < 1.29 is 0 Å². The number of hydrogen-bond donors (Lipinski definition) is 1. The lowest BCUT2D eigenvalue weighted by Gasteiger charge is -2.44. The van der Waals surface area contributed by atoms with Crippen molar-refractivity contribution in [2.75, 3.05) is 18.4 Å².